The third-order valence-electron chi connectivity index (χ3n) is 5.42. The van der Waals surface area contributed by atoms with Crippen LogP contribution in [-0.2, 0) is 0 Å². The van der Waals surface area contributed by atoms with Crippen LogP contribution in [0.15, 0.2) is 36.4 Å². The van der Waals surface area contributed by atoms with Crippen LogP contribution in [0.5, 0.6) is 0 Å². The van der Waals surface area contributed by atoms with Crippen LogP contribution in [0, 0.1) is 11.7 Å². The second-order valence-corrected chi connectivity index (χ2v) is 7.13. The molecule has 0 spiro atoms. The van der Waals surface area contributed by atoms with Crippen molar-refractivity contribution in [3.63, 3.8) is 0 Å². The summed E-state index contributed by atoms with van der Waals surface area (Å²) in [4.78, 5) is 17.0. The summed E-state index contributed by atoms with van der Waals surface area (Å²) in [5, 5.41) is 3.20. The monoisotopic (exact) mass is 329 g/mol. The molecule has 0 radical (unpaired) electrons. The minimum absolute atomic E-state index is 0.00519. The average Bonchev–Trinajstić information content (AvgIpc) is 3.08. The van der Waals surface area contributed by atoms with Gasteiger partial charge in [0.1, 0.15) is 5.82 Å². The molecule has 128 valence electrons. The molecular weight excluding hydrogens is 305 g/mol. The largest absolute Gasteiger partial charge is 0.331 e. The lowest BCUT2D eigenvalue weighted by molar-refractivity contribution is 0.195. The second-order valence-electron chi connectivity index (χ2n) is 7.13. The van der Waals surface area contributed by atoms with Crippen molar-refractivity contribution in [2.24, 2.45) is 5.92 Å². The lowest BCUT2D eigenvalue weighted by Crippen LogP contribution is -2.43. The number of carbonyl (C=O) groups is 1. The summed E-state index contributed by atoms with van der Waals surface area (Å²) in [6.45, 7) is 3.61. The van der Waals surface area contributed by atoms with Crippen LogP contribution in [0.1, 0.15) is 30.9 Å². The molecule has 0 unspecified atom stereocenters. The number of benzene rings is 1. The summed E-state index contributed by atoms with van der Waals surface area (Å²) in [6, 6.07) is 7.03. The molecule has 1 saturated carbocycles. The molecule has 0 bridgehead atoms. The van der Waals surface area contributed by atoms with Gasteiger partial charge in [0, 0.05) is 32.2 Å². The zero-order valence-electron chi connectivity index (χ0n) is 13.8. The standard InChI is InChI=1S/C19H24FN3O/c20-16-7-5-15(6-8-16)18(14-3-4-14)21-19(24)23-12-9-17(13-23)22-10-1-2-11-22/h1-2,5-8,14,17-18H,3-4,9-13H2,(H,21,24)/t17-,18+/m1/s1. The van der Waals surface area contributed by atoms with E-state index in [1.807, 2.05) is 4.90 Å². The number of rotatable bonds is 4. The molecule has 2 heterocycles. The highest BCUT2D eigenvalue weighted by Crippen LogP contribution is 2.41. The molecule has 1 aromatic rings. The van der Waals surface area contributed by atoms with E-state index in [1.165, 1.54) is 12.1 Å². The maximum atomic E-state index is 13.2. The Morgan fingerprint density at radius 2 is 1.83 bits per heavy atom. The van der Waals surface area contributed by atoms with Crippen LogP contribution >= 0.6 is 0 Å². The molecule has 1 aromatic carbocycles. The first-order chi connectivity index (χ1) is 11.7. The number of hydrogen-bond donors (Lipinski definition) is 1. The van der Waals surface area contributed by atoms with Crippen molar-refractivity contribution >= 4 is 6.03 Å². The van der Waals surface area contributed by atoms with Crippen molar-refractivity contribution in [1.82, 2.24) is 15.1 Å². The van der Waals surface area contributed by atoms with Gasteiger partial charge in [-0.3, -0.25) is 4.90 Å². The van der Waals surface area contributed by atoms with Crippen LogP contribution in [0.4, 0.5) is 9.18 Å². The van der Waals surface area contributed by atoms with Gasteiger partial charge in [-0.05, 0) is 42.9 Å². The molecule has 2 fully saturated rings. The fraction of sp³-hybridized carbons (Fsp3) is 0.526. The summed E-state index contributed by atoms with van der Waals surface area (Å²) in [5.74, 6) is 0.252. The predicted molar refractivity (Wildman–Crippen MR) is 91.1 cm³/mol. The Morgan fingerprint density at radius 1 is 1.12 bits per heavy atom. The Bertz CT molecular complexity index is 618. The number of likely N-dealkylation sites (tertiary alicyclic amines) is 1. The molecule has 3 aliphatic rings. The van der Waals surface area contributed by atoms with Crippen LogP contribution < -0.4 is 5.32 Å². The number of nitrogens with zero attached hydrogens (tertiary/aromatic N) is 2. The van der Waals surface area contributed by atoms with E-state index in [9.17, 15) is 9.18 Å². The quantitative estimate of drug-likeness (QED) is 0.862. The van der Waals surface area contributed by atoms with E-state index < -0.39 is 0 Å². The van der Waals surface area contributed by atoms with Gasteiger partial charge in [0.2, 0.25) is 0 Å². The zero-order chi connectivity index (χ0) is 16.5. The SMILES string of the molecule is O=C(N[C@H](c1ccc(F)cc1)C1CC1)N1CC[C@@H](N2CC=CC2)C1. The van der Waals surface area contributed by atoms with Gasteiger partial charge in [-0.2, -0.15) is 0 Å². The smallest absolute Gasteiger partial charge is 0.317 e. The van der Waals surface area contributed by atoms with Crippen molar-refractivity contribution < 1.29 is 9.18 Å². The molecule has 0 aromatic heterocycles. The maximum Gasteiger partial charge on any atom is 0.317 e. The molecule has 2 aliphatic heterocycles. The maximum absolute atomic E-state index is 13.2. The number of halogens is 1. The first kappa shape index (κ1) is 15.6. The highest BCUT2D eigenvalue weighted by atomic mass is 19.1. The third kappa shape index (κ3) is 3.31. The van der Waals surface area contributed by atoms with Crippen molar-refractivity contribution in [3.05, 3.63) is 47.8 Å². The van der Waals surface area contributed by atoms with Crippen molar-refractivity contribution in [2.75, 3.05) is 26.2 Å². The number of nitrogens with one attached hydrogen (secondary N) is 1. The van der Waals surface area contributed by atoms with Crippen molar-refractivity contribution in [1.29, 1.82) is 0 Å². The normalized spacial score (nSPS) is 25.2. The van der Waals surface area contributed by atoms with Crippen LogP contribution in [0.3, 0.4) is 0 Å². The molecule has 4 rings (SSSR count). The van der Waals surface area contributed by atoms with E-state index in [0.29, 0.717) is 12.0 Å². The minimum atomic E-state index is -0.235. The average molecular weight is 329 g/mol. The first-order valence-electron chi connectivity index (χ1n) is 8.90. The van der Waals surface area contributed by atoms with E-state index in [0.717, 1.165) is 51.0 Å². The molecule has 2 atom stereocenters. The molecule has 1 saturated heterocycles. The number of urea groups is 1. The van der Waals surface area contributed by atoms with E-state index in [-0.39, 0.29) is 17.9 Å². The summed E-state index contributed by atoms with van der Waals surface area (Å²) in [7, 11) is 0. The van der Waals surface area contributed by atoms with Gasteiger partial charge < -0.3 is 10.2 Å². The zero-order valence-corrected chi connectivity index (χ0v) is 13.8. The Morgan fingerprint density at radius 3 is 2.50 bits per heavy atom. The third-order valence-corrected chi connectivity index (χ3v) is 5.42. The Kier molecular flexibility index (Phi) is 4.27. The van der Waals surface area contributed by atoms with Gasteiger partial charge in [0.25, 0.3) is 0 Å². The molecule has 4 nitrogen and oxygen atoms in total. The van der Waals surface area contributed by atoms with Gasteiger partial charge >= 0.3 is 6.03 Å². The first-order valence-corrected chi connectivity index (χ1v) is 8.90. The molecular formula is C19H24FN3O. The topological polar surface area (TPSA) is 35.6 Å². The van der Waals surface area contributed by atoms with Gasteiger partial charge in [-0.1, -0.05) is 24.3 Å². The Balaban J connectivity index is 1.38. The fourth-order valence-corrected chi connectivity index (χ4v) is 3.81. The molecule has 24 heavy (non-hydrogen) atoms. The van der Waals surface area contributed by atoms with Gasteiger partial charge in [-0.15, -0.1) is 0 Å². The summed E-state index contributed by atoms with van der Waals surface area (Å²) < 4.78 is 13.2. The van der Waals surface area contributed by atoms with E-state index in [4.69, 9.17) is 0 Å². The second kappa shape index (κ2) is 6.55. The Hall–Kier alpha value is -1.88. The van der Waals surface area contributed by atoms with Crippen LogP contribution in [0.2, 0.25) is 0 Å². The predicted octanol–water partition coefficient (Wildman–Crippen LogP) is 2.93. The van der Waals surface area contributed by atoms with Crippen LogP contribution in [0.25, 0.3) is 0 Å². The van der Waals surface area contributed by atoms with Crippen molar-refractivity contribution in [2.45, 2.75) is 31.3 Å². The van der Waals surface area contributed by atoms with Gasteiger partial charge in [-0.25, -0.2) is 9.18 Å². The minimum Gasteiger partial charge on any atom is -0.331 e. The number of amides is 2. The lowest BCUT2D eigenvalue weighted by Gasteiger charge is -2.26. The summed E-state index contributed by atoms with van der Waals surface area (Å²) >= 11 is 0. The molecule has 2 amide bonds. The lowest BCUT2D eigenvalue weighted by atomic mass is 10.0. The van der Waals surface area contributed by atoms with Crippen LogP contribution in [-0.4, -0.2) is 48.1 Å². The fourth-order valence-electron chi connectivity index (χ4n) is 3.81. The highest BCUT2D eigenvalue weighted by molar-refractivity contribution is 5.75. The van der Waals surface area contributed by atoms with E-state index >= 15 is 0 Å². The van der Waals surface area contributed by atoms with E-state index in [1.54, 1.807) is 12.1 Å². The summed E-state index contributed by atoms with van der Waals surface area (Å²) in [6.07, 6.45) is 7.69. The highest BCUT2D eigenvalue weighted by Gasteiger charge is 2.36. The van der Waals surface area contributed by atoms with Crippen molar-refractivity contribution in [3.8, 4) is 0 Å². The molecule has 5 heteroatoms. The van der Waals surface area contributed by atoms with Gasteiger partial charge in [0.05, 0.1) is 6.04 Å². The summed E-state index contributed by atoms with van der Waals surface area (Å²) in [5.41, 5.74) is 1.01. The Labute approximate surface area is 142 Å². The molecule has 1 N–H and O–H groups in total. The molecule has 1 aliphatic carbocycles. The number of carbonyl (C=O) groups excluding carboxylic acids is 1. The number of hydrogen-bond acceptors (Lipinski definition) is 2. The van der Waals surface area contributed by atoms with E-state index in [2.05, 4.69) is 22.4 Å². The van der Waals surface area contributed by atoms with Gasteiger partial charge in [0.15, 0.2) is 0 Å².